The van der Waals surface area contributed by atoms with Crippen molar-refractivity contribution in [3.05, 3.63) is 53.5 Å². The molecule has 0 unspecified atom stereocenters. The summed E-state index contributed by atoms with van der Waals surface area (Å²) in [6, 6.07) is 8.55. The minimum absolute atomic E-state index is 0.296. The Morgan fingerprint density at radius 1 is 1.06 bits per heavy atom. The Bertz CT molecular complexity index is 616. The Balaban J connectivity index is 1.81. The summed E-state index contributed by atoms with van der Waals surface area (Å²) in [6.07, 6.45) is 1.59. The van der Waals surface area contributed by atoms with Crippen LogP contribution in [0.2, 0.25) is 0 Å². The zero-order valence-corrected chi connectivity index (χ0v) is 9.30. The Hall–Kier alpha value is -2.56. The first-order valence-electron chi connectivity index (χ1n) is 5.41. The second kappa shape index (κ2) is 4.03. The quantitative estimate of drug-likeness (QED) is 0.661. The lowest BCUT2D eigenvalue weighted by Crippen LogP contribution is -2.00. The van der Waals surface area contributed by atoms with E-state index in [0.29, 0.717) is 17.7 Å². The number of carbonyl (C=O) groups excluding carboxylic acids is 2. The van der Waals surface area contributed by atoms with Gasteiger partial charge in [-0.15, -0.1) is 0 Å². The van der Waals surface area contributed by atoms with Crippen molar-refractivity contribution in [1.82, 2.24) is 0 Å². The van der Waals surface area contributed by atoms with Crippen molar-refractivity contribution in [2.45, 2.75) is 6.54 Å². The number of esters is 2. The number of hydrogen-bond donors (Lipinski definition) is 1. The maximum atomic E-state index is 11.4. The molecule has 5 nitrogen and oxygen atoms in total. The zero-order valence-electron chi connectivity index (χ0n) is 9.30. The fraction of sp³-hybridized carbons (Fsp3) is 0.0769. The van der Waals surface area contributed by atoms with Gasteiger partial charge in [-0.3, -0.25) is 0 Å². The van der Waals surface area contributed by atoms with E-state index >= 15 is 0 Å². The molecule has 5 heteroatoms. The lowest BCUT2D eigenvalue weighted by molar-refractivity contribution is 0.0444. The molecule has 0 saturated carbocycles. The first kappa shape index (κ1) is 10.6. The standard InChI is InChI=1S/C13H9NO4/c15-12-10-4-3-8(6-11(10)13(16)18-12)14-7-9-2-1-5-17-9/h1-6,14H,7H2. The van der Waals surface area contributed by atoms with Crippen LogP contribution in [-0.2, 0) is 11.3 Å². The van der Waals surface area contributed by atoms with Crippen LogP contribution in [0.25, 0.3) is 0 Å². The second-order valence-electron chi connectivity index (χ2n) is 3.87. The molecule has 0 bridgehead atoms. The fourth-order valence-electron chi connectivity index (χ4n) is 1.80. The molecule has 0 fully saturated rings. The number of nitrogens with one attached hydrogen (secondary N) is 1. The molecule has 1 aliphatic heterocycles. The van der Waals surface area contributed by atoms with Crippen molar-refractivity contribution in [2.75, 3.05) is 5.32 Å². The van der Waals surface area contributed by atoms with Crippen molar-refractivity contribution in [2.24, 2.45) is 0 Å². The number of fused-ring (bicyclic) bond motifs is 1. The number of carbonyl (C=O) groups is 2. The van der Waals surface area contributed by atoms with Crippen LogP contribution in [0.15, 0.2) is 41.0 Å². The van der Waals surface area contributed by atoms with E-state index in [0.717, 1.165) is 11.4 Å². The largest absolute Gasteiger partial charge is 0.467 e. The van der Waals surface area contributed by atoms with Crippen molar-refractivity contribution in [3.63, 3.8) is 0 Å². The summed E-state index contributed by atoms with van der Waals surface area (Å²) in [5.41, 5.74) is 1.34. The Labute approximate surface area is 102 Å². The van der Waals surface area contributed by atoms with Gasteiger partial charge in [-0.05, 0) is 30.3 Å². The maximum Gasteiger partial charge on any atom is 0.346 e. The molecule has 0 amide bonds. The van der Waals surface area contributed by atoms with Gasteiger partial charge in [0, 0.05) is 5.69 Å². The number of cyclic esters (lactones) is 2. The minimum Gasteiger partial charge on any atom is -0.467 e. The number of rotatable bonds is 3. The van der Waals surface area contributed by atoms with Gasteiger partial charge in [0.15, 0.2) is 0 Å². The molecule has 0 radical (unpaired) electrons. The third kappa shape index (κ3) is 1.75. The highest BCUT2D eigenvalue weighted by Gasteiger charge is 2.29. The van der Waals surface area contributed by atoms with E-state index in [9.17, 15) is 9.59 Å². The minimum atomic E-state index is -0.600. The number of furan rings is 1. The van der Waals surface area contributed by atoms with Crippen LogP contribution in [-0.4, -0.2) is 11.9 Å². The van der Waals surface area contributed by atoms with E-state index in [4.69, 9.17) is 4.42 Å². The molecule has 0 aliphatic carbocycles. The highest BCUT2D eigenvalue weighted by Crippen LogP contribution is 2.23. The average molecular weight is 243 g/mol. The average Bonchev–Trinajstić information content (AvgIpc) is 2.97. The second-order valence-corrected chi connectivity index (χ2v) is 3.87. The summed E-state index contributed by atoms with van der Waals surface area (Å²) < 4.78 is 9.69. The third-order valence-electron chi connectivity index (χ3n) is 2.69. The third-order valence-corrected chi connectivity index (χ3v) is 2.69. The monoisotopic (exact) mass is 243 g/mol. The molecule has 1 aromatic carbocycles. The van der Waals surface area contributed by atoms with E-state index in [1.807, 2.05) is 6.07 Å². The van der Waals surface area contributed by atoms with E-state index in [-0.39, 0.29) is 0 Å². The van der Waals surface area contributed by atoms with Gasteiger partial charge in [0.2, 0.25) is 0 Å². The van der Waals surface area contributed by atoms with Crippen LogP contribution in [0.5, 0.6) is 0 Å². The van der Waals surface area contributed by atoms with E-state index in [1.165, 1.54) is 0 Å². The number of anilines is 1. The van der Waals surface area contributed by atoms with Gasteiger partial charge >= 0.3 is 11.9 Å². The predicted octanol–water partition coefficient (Wildman–Crippen LogP) is 2.20. The lowest BCUT2D eigenvalue weighted by atomic mass is 10.1. The SMILES string of the molecule is O=C1OC(=O)c2cc(NCc3ccco3)ccc21. The summed E-state index contributed by atoms with van der Waals surface area (Å²) in [5.74, 6) is -0.404. The number of ether oxygens (including phenoxy) is 1. The molecule has 18 heavy (non-hydrogen) atoms. The summed E-state index contributed by atoms with van der Waals surface area (Å²) in [7, 11) is 0. The summed E-state index contributed by atoms with van der Waals surface area (Å²) in [6.45, 7) is 0.509. The molecular weight excluding hydrogens is 234 g/mol. The van der Waals surface area contributed by atoms with Gasteiger partial charge in [-0.1, -0.05) is 0 Å². The molecule has 3 rings (SSSR count). The molecule has 1 aliphatic rings. The van der Waals surface area contributed by atoms with Crippen molar-refractivity contribution >= 4 is 17.6 Å². The first-order chi connectivity index (χ1) is 8.74. The highest BCUT2D eigenvalue weighted by atomic mass is 16.6. The molecule has 0 saturated heterocycles. The van der Waals surface area contributed by atoms with Gasteiger partial charge < -0.3 is 14.5 Å². The molecule has 0 spiro atoms. The molecule has 1 N–H and O–H groups in total. The van der Waals surface area contributed by atoms with Gasteiger partial charge in [0.25, 0.3) is 0 Å². The zero-order chi connectivity index (χ0) is 12.5. The van der Waals surface area contributed by atoms with Gasteiger partial charge in [-0.25, -0.2) is 9.59 Å². The molecule has 2 heterocycles. The molecule has 0 atom stereocenters. The van der Waals surface area contributed by atoms with Crippen molar-refractivity contribution in [3.8, 4) is 0 Å². The van der Waals surface area contributed by atoms with Crippen LogP contribution >= 0.6 is 0 Å². The lowest BCUT2D eigenvalue weighted by Gasteiger charge is -2.04. The Morgan fingerprint density at radius 3 is 2.67 bits per heavy atom. The topological polar surface area (TPSA) is 68.5 Å². The summed E-state index contributed by atoms with van der Waals surface area (Å²) >= 11 is 0. The highest BCUT2D eigenvalue weighted by molar-refractivity contribution is 6.15. The van der Waals surface area contributed by atoms with Crippen molar-refractivity contribution in [1.29, 1.82) is 0 Å². The van der Waals surface area contributed by atoms with Gasteiger partial charge in [0.05, 0.1) is 23.9 Å². The number of benzene rings is 1. The molecule has 1 aromatic heterocycles. The van der Waals surface area contributed by atoms with E-state index < -0.39 is 11.9 Å². The Morgan fingerprint density at radius 2 is 1.89 bits per heavy atom. The smallest absolute Gasteiger partial charge is 0.346 e. The van der Waals surface area contributed by atoms with E-state index in [2.05, 4.69) is 10.1 Å². The molecule has 2 aromatic rings. The van der Waals surface area contributed by atoms with Gasteiger partial charge in [-0.2, -0.15) is 0 Å². The maximum absolute atomic E-state index is 11.4. The Kier molecular flexibility index (Phi) is 2.37. The predicted molar refractivity (Wildman–Crippen MR) is 62.2 cm³/mol. The van der Waals surface area contributed by atoms with Crippen LogP contribution in [0.4, 0.5) is 5.69 Å². The first-order valence-corrected chi connectivity index (χ1v) is 5.41. The summed E-state index contributed by atoms with van der Waals surface area (Å²) in [5, 5.41) is 3.10. The number of hydrogen-bond acceptors (Lipinski definition) is 5. The van der Waals surface area contributed by atoms with Crippen LogP contribution in [0, 0.1) is 0 Å². The van der Waals surface area contributed by atoms with Crippen molar-refractivity contribution < 1.29 is 18.7 Å². The fourth-order valence-corrected chi connectivity index (χ4v) is 1.80. The summed E-state index contributed by atoms with van der Waals surface area (Å²) in [4.78, 5) is 22.6. The molecular formula is C13H9NO4. The molecule has 90 valence electrons. The van der Waals surface area contributed by atoms with Crippen LogP contribution < -0.4 is 5.32 Å². The van der Waals surface area contributed by atoms with Gasteiger partial charge in [0.1, 0.15) is 5.76 Å². The normalized spacial score (nSPS) is 13.3. The van der Waals surface area contributed by atoms with E-state index in [1.54, 1.807) is 30.5 Å². The van der Waals surface area contributed by atoms with Crippen LogP contribution in [0.3, 0.4) is 0 Å². The van der Waals surface area contributed by atoms with Crippen LogP contribution in [0.1, 0.15) is 26.5 Å².